The van der Waals surface area contributed by atoms with Gasteiger partial charge in [0.1, 0.15) is 0 Å². The Bertz CT molecular complexity index is 400. The molecule has 0 unspecified atom stereocenters. The minimum atomic E-state index is 0.0433. The molecule has 1 heterocycles. The van der Waals surface area contributed by atoms with Crippen LogP contribution in [0, 0.1) is 10.5 Å². The lowest BCUT2D eigenvalue weighted by molar-refractivity contribution is 0.0939. The fourth-order valence-corrected chi connectivity index (χ4v) is 2.47. The minimum Gasteiger partial charge on any atom is -0.348 e. The van der Waals surface area contributed by atoms with Crippen molar-refractivity contribution in [2.24, 2.45) is 0 Å². The first kappa shape index (κ1) is 11.9. The average molecular weight is 330 g/mol. The Kier molecular flexibility index (Phi) is 3.81. The Morgan fingerprint density at radius 2 is 2.38 bits per heavy atom. The molecule has 1 amide bonds. The Morgan fingerprint density at radius 3 is 3.06 bits per heavy atom. The number of carbonyl (C=O) groups is 1. The van der Waals surface area contributed by atoms with Gasteiger partial charge in [-0.2, -0.15) is 0 Å². The zero-order chi connectivity index (χ0) is 11.5. The summed E-state index contributed by atoms with van der Waals surface area (Å²) in [6, 6.07) is 6.12. The lowest BCUT2D eigenvalue weighted by atomic mass is 10.1. The summed E-state index contributed by atoms with van der Waals surface area (Å²) < 4.78 is 1.04. The smallest absolute Gasteiger partial charge is 0.252 e. The molecule has 0 saturated carbocycles. The van der Waals surface area contributed by atoms with Crippen molar-refractivity contribution in [2.75, 3.05) is 13.1 Å². The molecule has 1 saturated heterocycles. The molecule has 0 aliphatic carbocycles. The Morgan fingerprint density at radius 1 is 1.56 bits per heavy atom. The minimum absolute atomic E-state index is 0.0433. The summed E-state index contributed by atoms with van der Waals surface area (Å²) in [5, 5.41) is 6.30. The van der Waals surface area contributed by atoms with Crippen LogP contribution >= 0.6 is 22.6 Å². The van der Waals surface area contributed by atoms with Gasteiger partial charge in [-0.05, 0) is 54.1 Å². The SMILES string of the molecule is Cc1cccc(C(=O)N[C@@H]2CCNC2)c1I. The number of aryl methyl sites for hydroxylation is 1. The van der Waals surface area contributed by atoms with Crippen LogP contribution in [0.15, 0.2) is 18.2 Å². The molecule has 0 bridgehead atoms. The van der Waals surface area contributed by atoms with E-state index >= 15 is 0 Å². The molecule has 1 aliphatic rings. The molecule has 1 aromatic rings. The second-order valence-electron chi connectivity index (χ2n) is 4.10. The number of carbonyl (C=O) groups excluding carboxylic acids is 1. The molecule has 86 valence electrons. The third-order valence-electron chi connectivity index (χ3n) is 2.83. The van der Waals surface area contributed by atoms with E-state index in [-0.39, 0.29) is 11.9 Å². The zero-order valence-electron chi connectivity index (χ0n) is 9.22. The van der Waals surface area contributed by atoms with E-state index in [4.69, 9.17) is 0 Å². The van der Waals surface area contributed by atoms with E-state index in [0.29, 0.717) is 0 Å². The van der Waals surface area contributed by atoms with Gasteiger partial charge in [-0.3, -0.25) is 4.79 Å². The summed E-state index contributed by atoms with van der Waals surface area (Å²) >= 11 is 2.23. The first-order chi connectivity index (χ1) is 7.68. The second kappa shape index (κ2) is 5.14. The molecule has 1 aromatic carbocycles. The van der Waals surface area contributed by atoms with Crippen molar-refractivity contribution in [3.05, 3.63) is 32.9 Å². The maximum atomic E-state index is 12.0. The summed E-state index contributed by atoms with van der Waals surface area (Å²) in [6.07, 6.45) is 1.02. The summed E-state index contributed by atoms with van der Waals surface area (Å²) in [5.74, 6) is 0.0433. The number of rotatable bonds is 2. The average Bonchev–Trinajstić information content (AvgIpc) is 2.74. The lowest BCUT2D eigenvalue weighted by Crippen LogP contribution is -2.36. The molecule has 1 fully saturated rings. The highest BCUT2D eigenvalue weighted by atomic mass is 127. The fourth-order valence-electron chi connectivity index (χ4n) is 1.86. The highest BCUT2D eigenvalue weighted by molar-refractivity contribution is 14.1. The lowest BCUT2D eigenvalue weighted by Gasteiger charge is -2.13. The van der Waals surface area contributed by atoms with Crippen molar-refractivity contribution in [2.45, 2.75) is 19.4 Å². The fraction of sp³-hybridized carbons (Fsp3) is 0.417. The Hall–Kier alpha value is -0.620. The van der Waals surface area contributed by atoms with E-state index in [1.54, 1.807) is 0 Å². The molecule has 0 spiro atoms. The van der Waals surface area contributed by atoms with Gasteiger partial charge in [0.15, 0.2) is 0 Å². The monoisotopic (exact) mass is 330 g/mol. The predicted molar refractivity (Wildman–Crippen MR) is 72.6 cm³/mol. The van der Waals surface area contributed by atoms with Gasteiger partial charge in [-0.15, -0.1) is 0 Å². The Labute approximate surface area is 109 Å². The van der Waals surface area contributed by atoms with Crippen molar-refractivity contribution in [3.8, 4) is 0 Å². The molecule has 0 radical (unpaired) electrons. The number of halogens is 1. The van der Waals surface area contributed by atoms with Crippen molar-refractivity contribution < 1.29 is 4.79 Å². The number of benzene rings is 1. The molecule has 3 nitrogen and oxygen atoms in total. The van der Waals surface area contributed by atoms with Crippen molar-refractivity contribution >= 4 is 28.5 Å². The quantitative estimate of drug-likeness (QED) is 0.811. The van der Waals surface area contributed by atoms with Gasteiger partial charge in [0, 0.05) is 16.2 Å². The summed E-state index contributed by atoms with van der Waals surface area (Å²) in [4.78, 5) is 12.0. The summed E-state index contributed by atoms with van der Waals surface area (Å²) in [7, 11) is 0. The third-order valence-corrected chi connectivity index (χ3v) is 4.26. The van der Waals surface area contributed by atoms with Crippen LogP contribution in [0.2, 0.25) is 0 Å². The molecule has 2 N–H and O–H groups in total. The van der Waals surface area contributed by atoms with Crippen LogP contribution in [0.5, 0.6) is 0 Å². The molecule has 4 heteroatoms. The van der Waals surface area contributed by atoms with E-state index in [1.807, 2.05) is 25.1 Å². The van der Waals surface area contributed by atoms with Crippen LogP contribution in [0.4, 0.5) is 0 Å². The molecule has 16 heavy (non-hydrogen) atoms. The standard InChI is InChI=1S/C12H15IN2O/c1-8-3-2-4-10(11(8)13)12(16)15-9-5-6-14-7-9/h2-4,9,14H,5-7H2,1H3,(H,15,16)/t9-/m1/s1. The van der Waals surface area contributed by atoms with Gasteiger partial charge in [0.05, 0.1) is 5.56 Å². The normalized spacial score (nSPS) is 19.8. The largest absolute Gasteiger partial charge is 0.348 e. The molecular formula is C12H15IN2O. The molecule has 0 aromatic heterocycles. The van der Waals surface area contributed by atoms with E-state index in [0.717, 1.165) is 34.2 Å². The summed E-state index contributed by atoms with van der Waals surface area (Å²) in [5.41, 5.74) is 1.94. The number of hydrogen-bond acceptors (Lipinski definition) is 2. The maximum Gasteiger partial charge on any atom is 0.252 e. The van der Waals surface area contributed by atoms with E-state index in [9.17, 15) is 4.79 Å². The molecule has 1 atom stereocenters. The molecule has 1 aliphatic heterocycles. The Balaban J connectivity index is 2.11. The van der Waals surface area contributed by atoms with Crippen molar-refractivity contribution in [1.29, 1.82) is 0 Å². The molecular weight excluding hydrogens is 315 g/mol. The number of hydrogen-bond donors (Lipinski definition) is 2. The van der Waals surface area contributed by atoms with Crippen LogP contribution < -0.4 is 10.6 Å². The van der Waals surface area contributed by atoms with Gasteiger partial charge >= 0.3 is 0 Å². The predicted octanol–water partition coefficient (Wildman–Crippen LogP) is 1.69. The highest BCUT2D eigenvalue weighted by Gasteiger charge is 2.18. The van der Waals surface area contributed by atoms with Crippen LogP contribution in [0.3, 0.4) is 0 Å². The van der Waals surface area contributed by atoms with E-state index in [2.05, 4.69) is 33.2 Å². The van der Waals surface area contributed by atoms with E-state index in [1.165, 1.54) is 0 Å². The first-order valence-electron chi connectivity index (χ1n) is 5.45. The van der Waals surface area contributed by atoms with Gasteiger partial charge in [-0.1, -0.05) is 12.1 Å². The number of nitrogens with one attached hydrogen (secondary N) is 2. The van der Waals surface area contributed by atoms with Gasteiger partial charge < -0.3 is 10.6 Å². The van der Waals surface area contributed by atoms with Gasteiger partial charge in [0.2, 0.25) is 0 Å². The third kappa shape index (κ3) is 2.55. The number of amides is 1. The maximum absolute atomic E-state index is 12.0. The highest BCUT2D eigenvalue weighted by Crippen LogP contribution is 2.16. The molecule has 2 rings (SSSR count). The van der Waals surface area contributed by atoms with Crippen LogP contribution in [-0.2, 0) is 0 Å². The van der Waals surface area contributed by atoms with Crippen LogP contribution in [0.1, 0.15) is 22.3 Å². The van der Waals surface area contributed by atoms with Crippen molar-refractivity contribution in [1.82, 2.24) is 10.6 Å². The topological polar surface area (TPSA) is 41.1 Å². The second-order valence-corrected chi connectivity index (χ2v) is 5.18. The van der Waals surface area contributed by atoms with Crippen LogP contribution in [-0.4, -0.2) is 25.0 Å². The van der Waals surface area contributed by atoms with E-state index < -0.39 is 0 Å². The van der Waals surface area contributed by atoms with Crippen molar-refractivity contribution in [3.63, 3.8) is 0 Å². The van der Waals surface area contributed by atoms with Gasteiger partial charge in [0.25, 0.3) is 5.91 Å². The first-order valence-corrected chi connectivity index (χ1v) is 6.53. The van der Waals surface area contributed by atoms with Gasteiger partial charge in [-0.25, -0.2) is 0 Å². The zero-order valence-corrected chi connectivity index (χ0v) is 11.4. The summed E-state index contributed by atoms with van der Waals surface area (Å²) in [6.45, 7) is 3.90. The van der Waals surface area contributed by atoms with Crippen LogP contribution in [0.25, 0.3) is 0 Å².